The standard InChI is InChI=1S/C14H18ClN/c1-2-3-4-5-6-7-12-8-9-13(11-16)14(15)10-12/h8-10H,2-7H2,1H3. The van der Waals surface area contributed by atoms with Crippen molar-refractivity contribution < 1.29 is 0 Å². The van der Waals surface area contributed by atoms with Gasteiger partial charge in [0.05, 0.1) is 10.6 Å². The monoisotopic (exact) mass is 235 g/mol. The first-order valence-electron chi connectivity index (χ1n) is 5.96. The molecule has 0 spiro atoms. The number of unbranched alkanes of at least 4 members (excludes halogenated alkanes) is 4. The van der Waals surface area contributed by atoms with Crippen LogP contribution in [0.2, 0.25) is 5.02 Å². The lowest BCUT2D eigenvalue weighted by Gasteiger charge is -2.03. The highest BCUT2D eigenvalue weighted by molar-refractivity contribution is 6.31. The first-order chi connectivity index (χ1) is 7.77. The van der Waals surface area contributed by atoms with E-state index in [2.05, 4.69) is 13.0 Å². The third-order valence-corrected chi connectivity index (χ3v) is 3.04. The number of halogens is 1. The average Bonchev–Trinajstić information content (AvgIpc) is 2.29. The van der Waals surface area contributed by atoms with Crippen molar-refractivity contribution in [3.8, 4) is 6.07 Å². The predicted molar refractivity (Wildman–Crippen MR) is 68.6 cm³/mol. The van der Waals surface area contributed by atoms with E-state index in [1.807, 2.05) is 18.2 Å². The van der Waals surface area contributed by atoms with Crippen molar-refractivity contribution in [3.63, 3.8) is 0 Å². The molecule has 1 aromatic carbocycles. The molecule has 0 aliphatic rings. The minimum Gasteiger partial charge on any atom is -0.192 e. The second kappa shape index (κ2) is 7.30. The quantitative estimate of drug-likeness (QED) is 0.655. The summed E-state index contributed by atoms with van der Waals surface area (Å²) in [5, 5.41) is 9.33. The van der Waals surface area contributed by atoms with Crippen molar-refractivity contribution in [2.45, 2.75) is 45.4 Å². The normalized spacial score (nSPS) is 10.1. The maximum Gasteiger partial charge on any atom is 0.101 e. The van der Waals surface area contributed by atoms with Gasteiger partial charge in [0.1, 0.15) is 6.07 Å². The Morgan fingerprint density at radius 2 is 1.94 bits per heavy atom. The van der Waals surface area contributed by atoms with Crippen LogP contribution in [-0.2, 0) is 6.42 Å². The average molecular weight is 236 g/mol. The Kier molecular flexibility index (Phi) is 5.96. The molecule has 0 bridgehead atoms. The number of benzene rings is 1. The van der Waals surface area contributed by atoms with Crippen LogP contribution in [0.4, 0.5) is 0 Å². The highest BCUT2D eigenvalue weighted by Gasteiger charge is 2.00. The number of nitriles is 1. The minimum absolute atomic E-state index is 0.566. The SMILES string of the molecule is CCCCCCCc1ccc(C#N)c(Cl)c1. The number of rotatable bonds is 6. The van der Waals surface area contributed by atoms with Crippen molar-refractivity contribution >= 4 is 11.6 Å². The molecule has 1 aromatic rings. The molecule has 0 saturated carbocycles. The van der Waals surface area contributed by atoms with Crippen molar-refractivity contribution in [2.24, 2.45) is 0 Å². The largest absolute Gasteiger partial charge is 0.192 e. The second-order valence-corrected chi connectivity index (χ2v) is 4.50. The van der Waals surface area contributed by atoms with Gasteiger partial charge in [-0.25, -0.2) is 0 Å². The van der Waals surface area contributed by atoms with Crippen molar-refractivity contribution in [2.75, 3.05) is 0 Å². The molecule has 0 atom stereocenters. The fourth-order valence-corrected chi connectivity index (χ4v) is 1.98. The molecule has 16 heavy (non-hydrogen) atoms. The van der Waals surface area contributed by atoms with E-state index in [0.717, 1.165) is 6.42 Å². The molecule has 0 amide bonds. The fraction of sp³-hybridized carbons (Fsp3) is 0.500. The molecule has 0 aromatic heterocycles. The second-order valence-electron chi connectivity index (χ2n) is 4.09. The van der Waals surface area contributed by atoms with E-state index in [1.54, 1.807) is 0 Å². The molecule has 0 heterocycles. The third kappa shape index (κ3) is 4.24. The van der Waals surface area contributed by atoms with Crippen LogP contribution in [0.3, 0.4) is 0 Å². The number of hydrogen-bond donors (Lipinski definition) is 0. The number of hydrogen-bond acceptors (Lipinski definition) is 1. The summed E-state index contributed by atoms with van der Waals surface area (Å²) in [5.74, 6) is 0. The summed E-state index contributed by atoms with van der Waals surface area (Å²) in [6, 6.07) is 7.80. The Hall–Kier alpha value is -1.00. The summed E-state index contributed by atoms with van der Waals surface area (Å²) in [7, 11) is 0. The Labute approximate surface area is 103 Å². The summed E-state index contributed by atoms with van der Waals surface area (Å²) < 4.78 is 0. The lowest BCUT2D eigenvalue weighted by Crippen LogP contribution is -1.87. The van der Waals surface area contributed by atoms with E-state index in [0.29, 0.717) is 10.6 Å². The van der Waals surface area contributed by atoms with Gasteiger partial charge < -0.3 is 0 Å². The van der Waals surface area contributed by atoms with Gasteiger partial charge in [0.25, 0.3) is 0 Å². The van der Waals surface area contributed by atoms with Crippen LogP contribution < -0.4 is 0 Å². The smallest absolute Gasteiger partial charge is 0.101 e. The van der Waals surface area contributed by atoms with Crippen LogP contribution in [0, 0.1) is 11.3 Å². The molecule has 0 unspecified atom stereocenters. The highest BCUT2D eigenvalue weighted by Crippen LogP contribution is 2.18. The van der Waals surface area contributed by atoms with E-state index in [9.17, 15) is 0 Å². The predicted octanol–water partition coefficient (Wildman–Crippen LogP) is 4.72. The lowest BCUT2D eigenvalue weighted by molar-refractivity contribution is 0.632. The van der Waals surface area contributed by atoms with E-state index >= 15 is 0 Å². The molecule has 2 heteroatoms. The fourth-order valence-electron chi connectivity index (χ4n) is 1.74. The first kappa shape index (κ1) is 13.1. The molecule has 0 N–H and O–H groups in total. The third-order valence-electron chi connectivity index (χ3n) is 2.72. The zero-order valence-corrected chi connectivity index (χ0v) is 10.6. The van der Waals surface area contributed by atoms with Gasteiger partial charge in [0.15, 0.2) is 0 Å². The summed E-state index contributed by atoms with van der Waals surface area (Å²) in [6.07, 6.45) is 7.49. The zero-order chi connectivity index (χ0) is 11.8. The highest BCUT2D eigenvalue weighted by atomic mass is 35.5. The van der Waals surface area contributed by atoms with Gasteiger partial charge in [-0.05, 0) is 30.5 Å². The molecule has 0 aliphatic carbocycles. The summed E-state index contributed by atoms with van der Waals surface area (Å²) >= 11 is 5.97. The molecular formula is C14H18ClN. The molecule has 0 radical (unpaired) electrons. The Morgan fingerprint density at radius 1 is 1.19 bits per heavy atom. The molecule has 0 aliphatic heterocycles. The van der Waals surface area contributed by atoms with Gasteiger partial charge in [-0.15, -0.1) is 0 Å². The van der Waals surface area contributed by atoms with Crippen LogP contribution >= 0.6 is 11.6 Å². The molecule has 1 nitrogen and oxygen atoms in total. The van der Waals surface area contributed by atoms with Crippen molar-refractivity contribution in [1.82, 2.24) is 0 Å². The molecule has 0 saturated heterocycles. The zero-order valence-electron chi connectivity index (χ0n) is 9.80. The van der Waals surface area contributed by atoms with Crippen molar-refractivity contribution in [3.05, 3.63) is 34.3 Å². The van der Waals surface area contributed by atoms with Crippen LogP contribution in [0.15, 0.2) is 18.2 Å². The molecule has 1 rings (SSSR count). The number of aryl methyl sites for hydroxylation is 1. The molecule has 86 valence electrons. The van der Waals surface area contributed by atoms with Gasteiger partial charge in [-0.2, -0.15) is 5.26 Å². The molecular weight excluding hydrogens is 218 g/mol. The van der Waals surface area contributed by atoms with Crippen LogP contribution in [-0.4, -0.2) is 0 Å². The van der Waals surface area contributed by atoms with Crippen LogP contribution in [0.1, 0.15) is 50.2 Å². The van der Waals surface area contributed by atoms with Gasteiger partial charge in [0, 0.05) is 0 Å². The first-order valence-corrected chi connectivity index (χ1v) is 6.34. The van der Waals surface area contributed by atoms with Gasteiger partial charge in [0.2, 0.25) is 0 Å². The van der Waals surface area contributed by atoms with E-state index in [-0.39, 0.29) is 0 Å². The topological polar surface area (TPSA) is 23.8 Å². The summed E-state index contributed by atoms with van der Waals surface area (Å²) in [5.41, 5.74) is 1.80. The summed E-state index contributed by atoms with van der Waals surface area (Å²) in [6.45, 7) is 2.22. The molecule has 0 fully saturated rings. The summed E-state index contributed by atoms with van der Waals surface area (Å²) in [4.78, 5) is 0. The maximum atomic E-state index is 8.75. The Morgan fingerprint density at radius 3 is 2.56 bits per heavy atom. The van der Waals surface area contributed by atoms with Crippen LogP contribution in [0.25, 0.3) is 0 Å². The van der Waals surface area contributed by atoms with Gasteiger partial charge >= 0.3 is 0 Å². The van der Waals surface area contributed by atoms with E-state index in [4.69, 9.17) is 16.9 Å². The number of nitrogens with zero attached hydrogens (tertiary/aromatic N) is 1. The maximum absolute atomic E-state index is 8.75. The Bertz CT molecular complexity index is 365. The van der Waals surface area contributed by atoms with E-state index in [1.165, 1.54) is 37.7 Å². The van der Waals surface area contributed by atoms with Crippen LogP contribution in [0.5, 0.6) is 0 Å². The van der Waals surface area contributed by atoms with Gasteiger partial charge in [-0.1, -0.05) is 50.3 Å². The van der Waals surface area contributed by atoms with Crippen molar-refractivity contribution in [1.29, 1.82) is 5.26 Å². The Balaban J connectivity index is 2.38. The van der Waals surface area contributed by atoms with E-state index < -0.39 is 0 Å². The lowest BCUT2D eigenvalue weighted by atomic mass is 10.0. The van der Waals surface area contributed by atoms with Gasteiger partial charge in [-0.3, -0.25) is 0 Å². The minimum atomic E-state index is 0.566.